The van der Waals surface area contributed by atoms with Gasteiger partial charge in [0.05, 0.1) is 17.1 Å². The monoisotopic (exact) mass is 241 g/mol. The maximum atomic E-state index is 11.4. The van der Waals surface area contributed by atoms with Gasteiger partial charge in [0.15, 0.2) is 0 Å². The second-order valence-electron chi connectivity index (χ2n) is 3.24. The van der Waals surface area contributed by atoms with E-state index in [1.54, 1.807) is 0 Å². The lowest BCUT2D eigenvalue weighted by molar-refractivity contribution is -0.384. The predicted molar refractivity (Wildman–Crippen MR) is 56.5 cm³/mol. The number of aliphatic hydroxyl groups is 2. The van der Waals surface area contributed by atoms with Gasteiger partial charge in [-0.25, -0.2) is 4.79 Å². The van der Waals surface area contributed by atoms with Crippen molar-refractivity contribution in [2.75, 3.05) is 13.2 Å². The van der Waals surface area contributed by atoms with Gasteiger partial charge in [0, 0.05) is 12.1 Å². The second-order valence-corrected chi connectivity index (χ2v) is 3.24. The molecule has 0 aliphatic heterocycles. The normalized spacial score (nSPS) is 11.9. The van der Waals surface area contributed by atoms with Crippen molar-refractivity contribution in [3.8, 4) is 0 Å². The number of hydrogen-bond acceptors (Lipinski definition) is 6. The number of nitrogens with zero attached hydrogens (tertiary/aromatic N) is 1. The minimum absolute atomic E-state index is 0.128. The average Bonchev–Trinajstić information content (AvgIpc) is 2.35. The van der Waals surface area contributed by atoms with Gasteiger partial charge in [-0.3, -0.25) is 10.1 Å². The van der Waals surface area contributed by atoms with Crippen LogP contribution in [-0.2, 0) is 4.74 Å². The number of rotatable bonds is 5. The molecule has 7 heteroatoms. The summed E-state index contributed by atoms with van der Waals surface area (Å²) in [5.41, 5.74) is 0.0117. The molecule has 17 heavy (non-hydrogen) atoms. The van der Waals surface area contributed by atoms with Crippen LogP contribution < -0.4 is 0 Å². The fraction of sp³-hybridized carbons (Fsp3) is 0.300. The van der Waals surface area contributed by atoms with Gasteiger partial charge in [0.1, 0.15) is 12.7 Å². The first kappa shape index (κ1) is 13.1. The topological polar surface area (TPSA) is 110 Å². The van der Waals surface area contributed by atoms with Gasteiger partial charge in [0.2, 0.25) is 0 Å². The molecule has 1 unspecified atom stereocenters. The Kier molecular flexibility index (Phi) is 4.56. The molecule has 0 amide bonds. The van der Waals surface area contributed by atoms with Gasteiger partial charge in [-0.15, -0.1) is 0 Å². The van der Waals surface area contributed by atoms with Crippen LogP contribution in [0.3, 0.4) is 0 Å². The summed E-state index contributed by atoms with van der Waals surface area (Å²) < 4.78 is 4.66. The zero-order valence-electron chi connectivity index (χ0n) is 8.78. The largest absolute Gasteiger partial charge is 0.459 e. The van der Waals surface area contributed by atoms with E-state index >= 15 is 0 Å². The summed E-state index contributed by atoms with van der Waals surface area (Å²) in [6.07, 6.45) is -1.13. The van der Waals surface area contributed by atoms with Crippen LogP contribution in [0.15, 0.2) is 24.3 Å². The lowest BCUT2D eigenvalue weighted by Crippen LogP contribution is -2.21. The molecule has 1 aromatic rings. The van der Waals surface area contributed by atoms with E-state index in [1.807, 2.05) is 0 Å². The molecular weight excluding hydrogens is 230 g/mol. The lowest BCUT2D eigenvalue weighted by Gasteiger charge is -2.08. The third-order valence-corrected chi connectivity index (χ3v) is 1.93. The third-order valence-electron chi connectivity index (χ3n) is 1.93. The number of aliphatic hydroxyl groups excluding tert-OH is 2. The Morgan fingerprint density at radius 1 is 1.41 bits per heavy atom. The minimum Gasteiger partial charge on any atom is -0.459 e. The first-order chi connectivity index (χ1) is 8.04. The number of benzene rings is 1. The highest BCUT2D eigenvalue weighted by atomic mass is 16.6. The van der Waals surface area contributed by atoms with Crippen LogP contribution in [0.25, 0.3) is 0 Å². The number of nitro benzene ring substituents is 1. The summed E-state index contributed by atoms with van der Waals surface area (Å²) in [6.45, 7) is -0.833. The molecule has 0 saturated heterocycles. The van der Waals surface area contributed by atoms with Crippen molar-refractivity contribution >= 4 is 11.7 Å². The number of carbonyl (C=O) groups excluding carboxylic acids is 1. The van der Waals surface area contributed by atoms with E-state index in [0.717, 1.165) is 0 Å². The zero-order valence-corrected chi connectivity index (χ0v) is 8.78. The predicted octanol–water partition coefficient (Wildman–Crippen LogP) is 0.105. The fourth-order valence-corrected chi connectivity index (χ4v) is 1.03. The summed E-state index contributed by atoms with van der Waals surface area (Å²) in [4.78, 5) is 21.1. The molecule has 0 heterocycles. The van der Waals surface area contributed by atoms with Gasteiger partial charge < -0.3 is 14.9 Å². The Balaban J connectivity index is 2.61. The molecule has 0 aliphatic rings. The molecule has 7 nitrogen and oxygen atoms in total. The van der Waals surface area contributed by atoms with Crippen LogP contribution in [0.1, 0.15) is 10.4 Å². The van der Waals surface area contributed by atoms with Crippen molar-refractivity contribution < 1.29 is 24.7 Å². The number of ether oxygens (including phenoxy) is 1. The van der Waals surface area contributed by atoms with Crippen LogP contribution in [0.2, 0.25) is 0 Å². The molecule has 0 radical (unpaired) electrons. The van der Waals surface area contributed by atoms with E-state index in [2.05, 4.69) is 4.74 Å². The Morgan fingerprint density at radius 2 is 2.00 bits per heavy atom. The van der Waals surface area contributed by atoms with Crippen LogP contribution in [0.4, 0.5) is 5.69 Å². The average molecular weight is 241 g/mol. The molecule has 92 valence electrons. The van der Waals surface area contributed by atoms with Gasteiger partial charge in [0.25, 0.3) is 5.69 Å². The molecule has 0 saturated carbocycles. The SMILES string of the molecule is O=C(OCC(O)CO)c1ccc([N+](=O)[O-])cc1. The Bertz CT molecular complexity index is 402. The maximum Gasteiger partial charge on any atom is 0.338 e. The number of nitro groups is 1. The minimum atomic E-state index is -1.13. The molecule has 1 aromatic carbocycles. The van der Waals surface area contributed by atoms with Crippen LogP contribution in [0.5, 0.6) is 0 Å². The summed E-state index contributed by atoms with van der Waals surface area (Å²) in [6, 6.07) is 4.87. The molecule has 0 fully saturated rings. The lowest BCUT2D eigenvalue weighted by atomic mass is 10.2. The molecule has 2 N–H and O–H groups in total. The summed E-state index contributed by atoms with van der Waals surface area (Å²) in [5, 5.41) is 27.8. The Labute approximate surface area is 96.4 Å². The third kappa shape index (κ3) is 3.82. The van der Waals surface area contributed by atoms with Crippen LogP contribution >= 0.6 is 0 Å². The first-order valence-electron chi connectivity index (χ1n) is 4.75. The van der Waals surface area contributed by atoms with Crippen molar-refractivity contribution in [1.82, 2.24) is 0 Å². The van der Waals surface area contributed by atoms with Crippen molar-refractivity contribution in [2.45, 2.75) is 6.10 Å². The highest BCUT2D eigenvalue weighted by molar-refractivity contribution is 5.89. The van der Waals surface area contributed by atoms with E-state index < -0.39 is 23.6 Å². The molecule has 0 bridgehead atoms. The zero-order chi connectivity index (χ0) is 12.8. The standard InChI is InChI=1S/C10H11NO6/c12-5-9(13)6-17-10(14)7-1-3-8(4-2-7)11(15)16/h1-4,9,12-13H,5-6H2. The van der Waals surface area contributed by atoms with E-state index in [9.17, 15) is 14.9 Å². The van der Waals surface area contributed by atoms with Crippen molar-refractivity contribution in [3.63, 3.8) is 0 Å². The van der Waals surface area contributed by atoms with Crippen molar-refractivity contribution in [3.05, 3.63) is 39.9 Å². The Morgan fingerprint density at radius 3 is 2.47 bits per heavy atom. The van der Waals surface area contributed by atoms with E-state index in [1.165, 1.54) is 24.3 Å². The quantitative estimate of drug-likeness (QED) is 0.430. The van der Waals surface area contributed by atoms with Gasteiger partial charge in [-0.05, 0) is 12.1 Å². The summed E-state index contributed by atoms with van der Waals surface area (Å²) in [5.74, 6) is -0.715. The van der Waals surface area contributed by atoms with Crippen LogP contribution in [-0.4, -0.2) is 40.4 Å². The van der Waals surface area contributed by atoms with Crippen LogP contribution in [0, 0.1) is 10.1 Å². The maximum absolute atomic E-state index is 11.4. The van der Waals surface area contributed by atoms with E-state index in [4.69, 9.17) is 10.2 Å². The fourth-order valence-electron chi connectivity index (χ4n) is 1.03. The number of carbonyl (C=O) groups is 1. The Hall–Kier alpha value is -1.99. The van der Waals surface area contributed by atoms with Gasteiger partial charge in [-0.2, -0.15) is 0 Å². The highest BCUT2D eigenvalue weighted by Gasteiger charge is 2.12. The first-order valence-corrected chi connectivity index (χ1v) is 4.75. The number of hydrogen-bond donors (Lipinski definition) is 2. The molecule has 1 rings (SSSR count). The second kappa shape index (κ2) is 5.92. The van der Waals surface area contributed by atoms with Gasteiger partial charge in [-0.1, -0.05) is 0 Å². The smallest absolute Gasteiger partial charge is 0.338 e. The molecule has 1 atom stereocenters. The number of esters is 1. The highest BCUT2D eigenvalue weighted by Crippen LogP contribution is 2.12. The summed E-state index contributed by atoms with van der Waals surface area (Å²) >= 11 is 0. The number of non-ortho nitro benzene ring substituents is 1. The van der Waals surface area contributed by atoms with Gasteiger partial charge >= 0.3 is 5.97 Å². The van der Waals surface area contributed by atoms with Crippen molar-refractivity contribution in [1.29, 1.82) is 0 Å². The molecule has 0 aliphatic carbocycles. The van der Waals surface area contributed by atoms with Crippen molar-refractivity contribution in [2.24, 2.45) is 0 Å². The molecule has 0 spiro atoms. The molecule has 0 aromatic heterocycles. The molecular formula is C10H11NO6. The summed E-state index contributed by atoms with van der Waals surface area (Å²) in [7, 11) is 0. The van der Waals surface area contributed by atoms with E-state index in [0.29, 0.717) is 0 Å². The van der Waals surface area contributed by atoms with E-state index in [-0.39, 0.29) is 17.9 Å².